The monoisotopic (exact) mass is 459 g/mol. The fourth-order valence-electron chi connectivity index (χ4n) is 3.72. The number of sulfonamides is 1. The fraction of sp³-hybridized carbons (Fsp3) is 0.318. The Hall–Kier alpha value is -3.40. The van der Waals surface area contributed by atoms with Crippen molar-refractivity contribution in [3.63, 3.8) is 0 Å². The second-order valence-corrected chi connectivity index (χ2v) is 9.71. The van der Waals surface area contributed by atoms with E-state index in [0.29, 0.717) is 23.4 Å². The van der Waals surface area contributed by atoms with Gasteiger partial charge in [-0.25, -0.2) is 18.0 Å². The van der Waals surface area contributed by atoms with Gasteiger partial charge in [0, 0.05) is 11.7 Å². The summed E-state index contributed by atoms with van der Waals surface area (Å²) in [5.41, 5.74) is 3.88. The lowest BCUT2D eigenvalue weighted by molar-refractivity contribution is -0.123. The summed E-state index contributed by atoms with van der Waals surface area (Å²) in [6.45, 7) is 4.91. The standard InChI is InChI=1S/C22H25N3O6S/c1-13-5-7-18(14(2)9-13)23-22(28)24-20(26)12-31-21(27)16-6-8-19-17(11-16)10-15(3)25(19)32(4,29)30/h5-9,11,15H,10,12H2,1-4H3,(H2,23,24,26,28). The van der Waals surface area contributed by atoms with Crippen LogP contribution in [0.5, 0.6) is 0 Å². The second kappa shape index (κ2) is 8.99. The van der Waals surface area contributed by atoms with Gasteiger partial charge >= 0.3 is 12.0 Å². The molecule has 170 valence electrons. The van der Waals surface area contributed by atoms with E-state index in [1.165, 1.54) is 10.4 Å². The number of carbonyl (C=O) groups is 3. The molecule has 0 spiro atoms. The molecule has 0 radical (unpaired) electrons. The number of nitrogens with one attached hydrogen (secondary N) is 2. The molecule has 3 amide bonds. The van der Waals surface area contributed by atoms with Gasteiger partial charge in [0.15, 0.2) is 6.61 Å². The number of nitrogens with zero attached hydrogens (tertiary/aromatic N) is 1. The van der Waals surface area contributed by atoms with Crippen LogP contribution in [0, 0.1) is 13.8 Å². The number of hydrogen-bond donors (Lipinski definition) is 2. The molecule has 0 bridgehead atoms. The third-order valence-electron chi connectivity index (χ3n) is 5.04. The number of rotatable bonds is 5. The predicted octanol–water partition coefficient (Wildman–Crippen LogP) is 2.52. The van der Waals surface area contributed by atoms with Crippen molar-refractivity contribution in [3.05, 3.63) is 58.7 Å². The van der Waals surface area contributed by atoms with E-state index < -0.39 is 34.5 Å². The van der Waals surface area contributed by atoms with Crippen molar-refractivity contribution in [3.8, 4) is 0 Å². The van der Waals surface area contributed by atoms with Crippen molar-refractivity contribution in [2.75, 3.05) is 22.5 Å². The Bertz CT molecular complexity index is 1190. The highest BCUT2D eigenvalue weighted by Crippen LogP contribution is 2.34. The van der Waals surface area contributed by atoms with Crippen LogP contribution in [0.4, 0.5) is 16.2 Å². The molecule has 0 fully saturated rings. The molecule has 1 aliphatic heterocycles. The Morgan fingerprint density at radius 3 is 2.50 bits per heavy atom. The Balaban J connectivity index is 1.56. The van der Waals surface area contributed by atoms with E-state index in [-0.39, 0.29) is 11.6 Å². The van der Waals surface area contributed by atoms with Gasteiger partial charge in [0.1, 0.15) is 0 Å². The number of amides is 3. The number of ether oxygens (including phenoxy) is 1. The van der Waals surface area contributed by atoms with Crippen LogP contribution >= 0.6 is 0 Å². The summed E-state index contributed by atoms with van der Waals surface area (Å²) in [7, 11) is -3.43. The molecule has 3 rings (SSSR count). The van der Waals surface area contributed by atoms with Gasteiger partial charge < -0.3 is 10.1 Å². The van der Waals surface area contributed by atoms with Crippen molar-refractivity contribution >= 4 is 39.3 Å². The van der Waals surface area contributed by atoms with Crippen LogP contribution in [-0.2, 0) is 26.0 Å². The van der Waals surface area contributed by atoms with E-state index in [4.69, 9.17) is 4.74 Å². The Morgan fingerprint density at radius 2 is 1.84 bits per heavy atom. The predicted molar refractivity (Wildman–Crippen MR) is 120 cm³/mol. The Labute approximate surface area is 186 Å². The lowest BCUT2D eigenvalue weighted by Crippen LogP contribution is -2.37. The number of carbonyl (C=O) groups excluding carboxylic acids is 3. The number of esters is 1. The highest BCUT2D eigenvalue weighted by atomic mass is 32.2. The average Bonchev–Trinajstić information content (AvgIpc) is 3.03. The molecule has 9 nitrogen and oxygen atoms in total. The highest BCUT2D eigenvalue weighted by molar-refractivity contribution is 7.92. The molecule has 2 aromatic rings. The van der Waals surface area contributed by atoms with Crippen LogP contribution in [-0.4, -0.2) is 45.2 Å². The number of benzene rings is 2. The number of aryl methyl sites for hydroxylation is 2. The van der Waals surface area contributed by atoms with E-state index >= 15 is 0 Å². The lowest BCUT2D eigenvalue weighted by Gasteiger charge is -2.21. The number of fused-ring (bicyclic) bond motifs is 1. The van der Waals surface area contributed by atoms with Gasteiger partial charge in [0.25, 0.3) is 5.91 Å². The zero-order valence-corrected chi connectivity index (χ0v) is 19.1. The summed E-state index contributed by atoms with van der Waals surface area (Å²) in [4.78, 5) is 36.3. The summed E-state index contributed by atoms with van der Waals surface area (Å²) in [5, 5.41) is 4.68. The van der Waals surface area contributed by atoms with Gasteiger partial charge in [-0.1, -0.05) is 17.7 Å². The highest BCUT2D eigenvalue weighted by Gasteiger charge is 2.33. The fourth-order valence-corrected chi connectivity index (χ4v) is 4.98. The van der Waals surface area contributed by atoms with Gasteiger partial charge in [0.2, 0.25) is 10.0 Å². The molecule has 1 heterocycles. The molecule has 1 aliphatic rings. The average molecular weight is 460 g/mol. The third-order valence-corrected chi connectivity index (χ3v) is 6.31. The van der Waals surface area contributed by atoms with Gasteiger partial charge in [0.05, 0.1) is 17.5 Å². The number of anilines is 2. The van der Waals surface area contributed by atoms with Gasteiger partial charge in [-0.15, -0.1) is 0 Å². The SMILES string of the molecule is Cc1ccc(NC(=O)NC(=O)COC(=O)c2ccc3c(c2)CC(C)N3S(C)(=O)=O)c(C)c1. The maximum atomic E-state index is 12.3. The van der Waals surface area contributed by atoms with Crippen LogP contribution in [0.3, 0.4) is 0 Å². The third kappa shape index (κ3) is 5.25. The summed E-state index contributed by atoms with van der Waals surface area (Å²) < 4.78 is 30.3. The van der Waals surface area contributed by atoms with E-state index in [1.54, 1.807) is 25.1 Å². The minimum Gasteiger partial charge on any atom is -0.452 e. The molecule has 2 N–H and O–H groups in total. The van der Waals surface area contributed by atoms with Crippen LogP contribution < -0.4 is 14.9 Å². The summed E-state index contributed by atoms with van der Waals surface area (Å²) >= 11 is 0. The van der Waals surface area contributed by atoms with Crippen molar-refractivity contribution in [1.29, 1.82) is 0 Å². The van der Waals surface area contributed by atoms with Crippen molar-refractivity contribution in [2.24, 2.45) is 0 Å². The van der Waals surface area contributed by atoms with Gasteiger partial charge in [-0.05, 0) is 62.6 Å². The van der Waals surface area contributed by atoms with E-state index in [1.807, 2.05) is 26.0 Å². The first-order valence-electron chi connectivity index (χ1n) is 9.93. The maximum absolute atomic E-state index is 12.3. The zero-order chi connectivity index (χ0) is 23.6. The number of imide groups is 1. The van der Waals surface area contributed by atoms with Crippen molar-refractivity contribution in [1.82, 2.24) is 5.32 Å². The number of urea groups is 1. The first kappa shape index (κ1) is 23.3. The molecular formula is C22H25N3O6S. The lowest BCUT2D eigenvalue weighted by atomic mass is 10.1. The molecule has 0 saturated carbocycles. The first-order chi connectivity index (χ1) is 15.0. The summed E-state index contributed by atoms with van der Waals surface area (Å²) in [5.74, 6) is -1.53. The zero-order valence-electron chi connectivity index (χ0n) is 18.3. The van der Waals surface area contributed by atoms with Crippen molar-refractivity contribution < 1.29 is 27.5 Å². The van der Waals surface area contributed by atoms with Crippen LogP contribution in [0.15, 0.2) is 36.4 Å². The van der Waals surface area contributed by atoms with Crippen LogP contribution in [0.2, 0.25) is 0 Å². The molecule has 2 aromatic carbocycles. The van der Waals surface area contributed by atoms with Gasteiger partial charge in [-0.2, -0.15) is 0 Å². The number of hydrogen-bond acceptors (Lipinski definition) is 6. The van der Waals surface area contributed by atoms with Gasteiger partial charge in [-0.3, -0.25) is 14.4 Å². The van der Waals surface area contributed by atoms with Crippen LogP contribution in [0.1, 0.15) is 34.0 Å². The minimum absolute atomic E-state index is 0.193. The molecule has 1 atom stereocenters. The molecule has 10 heteroatoms. The molecule has 0 aromatic heterocycles. The molecule has 0 saturated heterocycles. The molecule has 0 aliphatic carbocycles. The Morgan fingerprint density at radius 1 is 1.12 bits per heavy atom. The van der Waals surface area contributed by atoms with Crippen molar-refractivity contribution in [2.45, 2.75) is 33.2 Å². The Kier molecular flexibility index (Phi) is 6.54. The van der Waals surface area contributed by atoms with E-state index in [0.717, 1.165) is 17.4 Å². The first-order valence-corrected chi connectivity index (χ1v) is 11.8. The molecule has 1 unspecified atom stereocenters. The summed E-state index contributed by atoms with van der Waals surface area (Å²) in [6.07, 6.45) is 1.60. The van der Waals surface area contributed by atoms with E-state index in [9.17, 15) is 22.8 Å². The quantitative estimate of drug-likeness (QED) is 0.663. The normalized spacial score (nSPS) is 15.1. The second-order valence-electron chi connectivity index (χ2n) is 7.85. The van der Waals surface area contributed by atoms with Crippen LogP contribution in [0.25, 0.3) is 0 Å². The largest absolute Gasteiger partial charge is 0.452 e. The van der Waals surface area contributed by atoms with E-state index in [2.05, 4.69) is 10.6 Å². The smallest absolute Gasteiger partial charge is 0.338 e. The minimum atomic E-state index is -3.43. The topological polar surface area (TPSA) is 122 Å². The molecule has 32 heavy (non-hydrogen) atoms. The summed E-state index contributed by atoms with van der Waals surface area (Å²) in [6, 6.07) is 9.03. The molecular weight excluding hydrogens is 434 g/mol. The maximum Gasteiger partial charge on any atom is 0.338 e.